The Morgan fingerprint density at radius 2 is 1.70 bits per heavy atom. The Hall–Kier alpha value is -1.30. The van der Waals surface area contributed by atoms with Gasteiger partial charge in [-0.2, -0.15) is 13.2 Å². The molecule has 0 spiro atoms. The molecule has 1 atom stereocenters. The smallest absolute Gasteiger partial charge is 0.366 e. The van der Waals surface area contributed by atoms with Crippen LogP contribution in [0.4, 0.5) is 17.6 Å². The van der Waals surface area contributed by atoms with Crippen LogP contribution in [0, 0.1) is 12.3 Å². The van der Waals surface area contributed by atoms with Crippen molar-refractivity contribution >= 4 is 15.7 Å². The monoisotopic (exact) mass is 317 g/mol. The molecule has 0 aromatic heterocycles. The van der Waals surface area contributed by atoms with Gasteiger partial charge in [-0.3, -0.25) is 4.79 Å². The Balaban J connectivity index is 4.96. The van der Waals surface area contributed by atoms with Gasteiger partial charge in [0.05, 0.1) is 12.2 Å². The molecule has 0 rings (SSSR count). The molecule has 0 aromatic carbocycles. The van der Waals surface area contributed by atoms with Gasteiger partial charge in [0.2, 0.25) is 0 Å². The molecule has 0 aliphatic rings. The molecule has 9 heteroatoms. The van der Waals surface area contributed by atoms with Gasteiger partial charge in [0, 0.05) is 12.8 Å². The number of amides is 1. The third-order valence-electron chi connectivity index (χ3n) is 2.58. The van der Waals surface area contributed by atoms with Crippen molar-refractivity contribution in [3.05, 3.63) is 0 Å². The summed E-state index contributed by atoms with van der Waals surface area (Å²) in [7, 11) is -4.95. The van der Waals surface area contributed by atoms with Crippen LogP contribution >= 0.6 is 0 Å². The fourth-order valence-corrected chi connectivity index (χ4v) is 3.01. The van der Waals surface area contributed by atoms with E-state index in [0.717, 1.165) is 0 Å². The van der Waals surface area contributed by atoms with Crippen LogP contribution in [0.1, 0.15) is 32.1 Å². The maximum absolute atomic E-state index is 14.2. The van der Waals surface area contributed by atoms with E-state index in [0.29, 0.717) is 0 Å². The van der Waals surface area contributed by atoms with Crippen molar-refractivity contribution in [1.29, 1.82) is 0 Å². The van der Waals surface area contributed by atoms with Crippen LogP contribution in [0.2, 0.25) is 0 Å². The highest BCUT2D eigenvalue weighted by atomic mass is 32.2. The molecule has 20 heavy (non-hydrogen) atoms. The van der Waals surface area contributed by atoms with Gasteiger partial charge in [-0.1, -0.05) is 0 Å². The van der Waals surface area contributed by atoms with Crippen LogP contribution in [-0.4, -0.2) is 31.3 Å². The molecule has 4 nitrogen and oxygen atoms in total. The number of rotatable bonds is 8. The minimum atomic E-state index is -4.95. The summed E-state index contributed by atoms with van der Waals surface area (Å²) in [4.78, 5) is 11.0. The Morgan fingerprint density at radius 3 is 2.10 bits per heavy atom. The van der Waals surface area contributed by atoms with E-state index >= 15 is 0 Å². The highest BCUT2D eigenvalue weighted by Crippen LogP contribution is 2.30. The molecule has 0 saturated carbocycles. The van der Waals surface area contributed by atoms with E-state index in [1.807, 2.05) is 0 Å². The maximum Gasteiger partial charge on any atom is 0.390 e. The molecule has 0 saturated heterocycles. The average Bonchev–Trinajstić information content (AvgIpc) is 2.30. The third-order valence-corrected chi connectivity index (χ3v) is 4.72. The SMILES string of the molecule is C#CCCCCC(F)(C(N)=O)S(=O)(=O)CCC(F)(F)F. The number of sulfone groups is 1. The Labute approximate surface area is 114 Å². The van der Waals surface area contributed by atoms with Gasteiger partial charge in [-0.05, 0) is 12.8 Å². The molecule has 116 valence electrons. The van der Waals surface area contributed by atoms with Gasteiger partial charge in [0.25, 0.3) is 10.9 Å². The van der Waals surface area contributed by atoms with E-state index in [-0.39, 0.29) is 19.3 Å². The lowest BCUT2D eigenvalue weighted by atomic mass is 10.1. The predicted octanol–water partition coefficient (Wildman–Crippen LogP) is 1.70. The molecule has 1 unspecified atom stereocenters. The fraction of sp³-hybridized carbons (Fsp3) is 0.727. The van der Waals surface area contributed by atoms with Crippen LogP contribution in [0.3, 0.4) is 0 Å². The first kappa shape index (κ1) is 18.7. The quantitative estimate of drug-likeness (QED) is 0.420. The number of terminal acetylenes is 1. The highest BCUT2D eigenvalue weighted by Gasteiger charge is 2.50. The number of primary amides is 1. The normalized spacial score (nSPS) is 15.3. The van der Waals surface area contributed by atoms with E-state index in [1.165, 1.54) is 0 Å². The number of carbonyl (C=O) groups excluding carboxylic acids is 1. The predicted molar refractivity (Wildman–Crippen MR) is 64.8 cm³/mol. The Bertz CT molecular complexity index is 481. The first-order valence-electron chi connectivity index (χ1n) is 5.67. The lowest BCUT2D eigenvalue weighted by Gasteiger charge is -2.22. The first-order valence-corrected chi connectivity index (χ1v) is 7.33. The largest absolute Gasteiger partial charge is 0.390 e. The van der Waals surface area contributed by atoms with Gasteiger partial charge < -0.3 is 5.73 Å². The van der Waals surface area contributed by atoms with Crippen LogP contribution in [0.25, 0.3) is 0 Å². The first-order chi connectivity index (χ1) is 8.96. The molecule has 0 heterocycles. The summed E-state index contributed by atoms with van der Waals surface area (Å²) in [6.07, 6.45) is -1.97. The zero-order valence-electron chi connectivity index (χ0n) is 10.5. The molecular weight excluding hydrogens is 302 g/mol. The summed E-state index contributed by atoms with van der Waals surface area (Å²) in [6, 6.07) is 0. The van der Waals surface area contributed by atoms with Crippen molar-refractivity contribution in [2.24, 2.45) is 5.73 Å². The van der Waals surface area contributed by atoms with Crippen molar-refractivity contribution in [1.82, 2.24) is 0 Å². The molecule has 0 aliphatic carbocycles. The Morgan fingerprint density at radius 1 is 1.15 bits per heavy atom. The van der Waals surface area contributed by atoms with Gasteiger partial charge in [0.1, 0.15) is 0 Å². The van der Waals surface area contributed by atoms with Gasteiger partial charge >= 0.3 is 6.18 Å². The molecular formula is C11H15F4NO3S. The average molecular weight is 317 g/mol. The third kappa shape index (κ3) is 5.36. The van der Waals surface area contributed by atoms with Crippen molar-refractivity contribution in [2.45, 2.75) is 43.3 Å². The van der Waals surface area contributed by atoms with Crippen LogP contribution < -0.4 is 5.73 Å². The molecule has 0 radical (unpaired) electrons. The number of carbonyl (C=O) groups is 1. The topological polar surface area (TPSA) is 77.2 Å². The number of halogens is 4. The van der Waals surface area contributed by atoms with Crippen molar-refractivity contribution in [3.63, 3.8) is 0 Å². The van der Waals surface area contributed by atoms with E-state index < -0.39 is 45.5 Å². The molecule has 2 N–H and O–H groups in total. The van der Waals surface area contributed by atoms with E-state index in [2.05, 4.69) is 5.92 Å². The second kappa shape index (κ2) is 6.92. The number of nitrogens with two attached hydrogens (primary N) is 1. The number of hydrogen-bond acceptors (Lipinski definition) is 3. The lowest BCUT2D eigenvalue weighted by molar-refractivity contribution is -0.131. The van der Waals surface area contributed by atoms with Crippen LogP contribution in [-0.2, 0) is 14.6 Å². The zero-order chi connectivity index (χ0) is 16.0. The second-order valence-corrected chi connectivity index (χ2v) is 6.47. The minimum Gasteiger partial charge on any atom is -0.366 e. The van der Waals surface area contributed by atoms with E-state index in [9.17, 15) is 30.8 Å². The standard InChI is InChI=1S/C11H15F4NO3S/c1-2-3-4-5-6-10(12,9(16)17)20(18,19)8-7-11(13,14)15/h1H,3-8H2,(H2,16,17). The summed E-state index contributed by atoms with van der Waals surface area (Å²) >= 11 is 0. The summed E-state index contributed by atoms with van der Waals surface area (Å²) in [5.41, 5.74) is 4.70. The minimum absolute atomic E-state index is 0.0745. The molecule has 1 amide bonds. The van der Waals surface area contributed by atoms with Gasteiger partial charge in [-0.15, -0.1) is 12.3 Å². The van der Waals surface area contributed by atoms with Crippen molar-refractivity contribution < 1.29 is 30.8 Å². The van der Waals surface area contributed by atoms with Crippen LogP contribution in [0.15, 0.2) is 0 Å². The van der Waals surface area contributed by atoms with Gasteiger partial charge in [-0.25, -0.2) is 12.8 Å². The second-order valence-electron chi connectivity index (χ2n) is 4.19. The number of hydrogen-bond donors (Lipinski definition) is 1. The van der Waals surface area contributed by atoms with Crippen molar-refractivity contribution in [3.8, 4) is 12.3 Å². The number of unbranched alkanes of at least 4 members (excludes halogenated alkanes) is 2. The summed E-state index contributed by atoms with van der Waals surface area (Å²) in [6.45, 7) is 0. The summed E-state index contributed by atoms with van der Waals surface area (Å²) in [5.74, 6) is -1.10. The van der Waals surface area contributed by atoms with E-state index in [4.69, 9.17) is 12.2 Å². The molecule has 0 bridgehead atoms. The van der Waals surface area contributed by atoms with Crippen LogP contribution in [0.5, 0.6) is 0 Å². The number of alkyl halides is 4. The molecule has 0 fully saturated rings. The Kier molecular flexibility index (Phi) is 6.47. The molecule has 0 aliphatic heterocycles. The van der Waals surface area contributed by atoms with E-state index in [1.54, 1.807) is 0 Å². The summed E-state index contributed by atoms with van der Waals surface area (Å²) < 4.78 is 73.4. The van der Waals surface area contributed by atoms with Crippen molar-refractivity contribution in [2.75, 3.05) is 5.75 Å². The molecule has 0 aromatic rings. The van der Waals surface area contributed by atoms with Gasteiger partial charge in [0.15, 0.2) is 9.84 Å². The fourth-order valence-electron chi connectivity index (χ4n) is 1.42. The summed E-state index contributed by atoms with van der Waals surface area (Å²) in [5, 5.41) is -3.49. The lowest BCUT2D eigenvalue weighted by Crippen LogP contribution is -2.48. The highest BCUT2D eigenvalue weighted by molar-refractivity contribution is 7.93. The maximum atomic E-state index is 14.2. The zero-order valence-corrected chi connectivity index (χ0v) is 11.4.